The van der Waals surface area contributed by atoms with Crippen LogP contribution in [0.1, 0.15) is 0 Å². The van der Waals surface area contributed by atoms with Crippen molar-refractivity contribution in [1.29, 1.82) is 0 Å². The van der Waals surface area contributed by atoms with Crippen LogP contribution in [0.5, 0.6) is 0 Å². The Morgan fingerprint density at radius 3 is 3.15 bits per heavy atom. The van der Waals surface area contributed by atoms with E-state index in [1.54, 1.807) is 0 Å². The van der Waals surface area contributed by atoms with Crippen molar-refractivity contribution in [3.8, 4) is 0 Å². The maximum Gasteiger partial charge on any atom is 0.354 e. The molecule has 0 aromatic heterocycles. The van der Waals surface area contributed by atoms with E-state index in [2.05, 4.69) is 5.32 Å². The second-order valence-electron chi connectivity index (χ2n) is 2.72. The van der Waals surface area contributed by atoms with E-state index in [-0.39, 0.29) is 11.5 Å². The Bertz CT molecular complexity index is 346. The average molecular weight is 182 g/mol. The summed E-state index contributed by atoms with van der Waals surface area (Å²) >= 11 is 0. The summed E-state index contributed by atoms with van der Waals surface area (Å²) in [5, 5.41) is 11.5. The molecule has 1 atom stereocenters. The van der Waals surface area contributed by atoms with E-state index in [9.17, 15) is 9.18 Å². The second-order valence-corrected chi connectivity index (χ2v) is 2.72. The Hall–Kier alpha value is -1.78. The van der Waals surface area contributed by atoms with Gasteiger partial charge in [0.15, 0.2) is 0 Å². The van der Waals surface area contributed by atoms with E-state index in [1.807, 2.05) is 0 Å². The van der Waals surface area contributed by atoms with Gasteiger partial charge in [-0.3, -0.25) is 0 Å². The lowest BCUT2D eigenvalue weighted by Crippen LogP contribution is -2.34. The Balaban J connectivity index is 2.26. The quantitative estimate of drug-likeness (QED) is 0.621. The first-order chi connectivity index (χ1) is 6.18. The topological polar surface area (TPSA) is 52.6 Å². The van der Waals surface area contributed by atoms with Crippen molar-refractivity contribution in [3.63, 3.8) is 0 Å². The van der Waals surface area contributed by atoms with Gasteiger partial charge in [0.05, 0.1) is 0 Å². The van der Waals surface area contributed by atoms with E-state index in [0.29, 0.717) is 0 Å². The van der Waals surface area contributed by atoms with Crippen LogP contribution in [0.4, 0.5) is 4.39 Å². The van der Waals surface area contributed by atoms with Crippen molar-refractivity contribution in [2.24, 2.45) is 0 Å². The predicted molar refractivity (Wildman–Crippen MR) is 42.8 cm³/mol. The zero-order valence-electron chi connectivity index (χ0n) is 6.57. The van der Waals surface area contributed by atoms with Gasteiger partial charge in [-0.2, -0.15) is 0 Å². The molecule has 5 heteroatoms. The molecule has 2 aliphatic rings. The summed E-state index contributed by atoms with van der Waals surface area (Å²) in [6.07, 6.45) is 4.88. The van der Waals surface area contributed by atoms with E-state index in [0.717, 1.165) is 0 Å². The Kier molecular flexibility index (Phi) is 1.58. The zero-order chi connectivity index (χ0) is 9.42. The number of hydrogen-bond donors (Lipinski definition) is 2. The SMILES string of the molecule is O=C(O)C1=CNC2C=C(F)C=CN12. The number of nitrogens with one attached hydrogen (secondary N) is 1. The molecule has 0 aromatic carbocycles. The molecule has 1 unspecified atom stereocenters. The van der Waals surface area contributed by atoms with Crippen LogP contribution in [0.2, 0.25) is 0 Å². The maximum atomic E-state index is 12.7. The van der Waals surface area contributed by atoms with Gasteiger partial charge in [0.1, 0.15) is 17.7 Å². The van der Waals surface area contributed by atoms with Crippen LogP contribution in [-0.4, -0.2) is 22.1 Å². The molecule has 4 nitrogen and oxygen atoms in total. The molecule has 0 spiro atoms. The fourth-order valence-corrected chi connectivity index (χ4v) is 1.30. The number of fused-ring (bicyclic) bond motifs is 1. The standard InChI is InChI=1S/C8H7FN2O2/c9-5-1-2-11-6(8(12)13)4-10-7(11)3-5/h1-4,7,10H,(H,12,13). The second kappa shape index (κ2) is 2.62. The van der Waals surface area contributed by atoms with Gasteiger partial charge in [0, 0.05) is 12.4 Å². The van der Waals surface area contributed by atoms with Gasteiger partial charge in [-0.25, -0.2) is 9.18 Å². The lowest BCUT2D eigenvalue weighted by atomic mass is 10.3. The lowest BCUT2D eigenvalue weighted by molar-refractivity contribution is -0.134. The summed E-state index contributed by atoms with van der Waals surface area (Å²) < 4.78 is 12.7. The zero-order valence-corrected chi connectivity index (χ0v) is 6.57. The molecule has 0 fully saturated rings. The third kappa shape index (κ3) is 1.18. The van der Waals surface area contributed by atoms with Gasteiger partial charge < -0.3 is 15.3 Å². The largest absolute Gasteiger partial charge is 0.477 e. The first-order valence-corrected chi connectivity index (χ1v) is 3.72. The molecule has 2 rings (SSSR count). The number of aliphatic carboxylic acids is 1. The summed E-state index contributed by atoms with van der Waals surface area (Å²) in [7, 11) is 0. The van der Waals surface area contributed by atoms with Gasteiger partial charge in [-0.1, -0.05) is 0 Å². The summed E-state index contributed by atoms with van der Waals surface area (Å²) in [6, 6.07) is 0. The predicted octanol–water partition coefficient (Wildman–Crippen LogP) is 0.524. The number of carboxylic acid groups (broad SMARTS) is 1. The van der Waals surface area contributed by atoms with Crippen molar-refractivity contribution < 1.29 is 14.3 Å². The minimum Gasteiger partial charge on any atom is -0.477 e. The molecule has 68 valence electrons. The number of hydrogen-bond acceptors (Lipinski definition) is 3. The van der Waals surface area contributed by atoms with Crippen LogP contribution in [0.3, 0.4) is 0 Å². The minimum absolute atomic E-state index is 0.116. The number of allylic oxidation sites excluding steroid dienone is 2. The molecule has 2 heterocycles. The molecule has 0 bridgehead atoms. The van der Waals surface area contributed by atoms with E-state index >= 15 is 0 Å². The summed E-state index contributed by atoms with van der Waals surface area (Å²) in [5.74, 6) is -1.40. The number of nitrogens with zero attached hydrogens (tertiary/aromatic N) is 1. The highest BCUT2D eigenvalue weighted by Crippen LogP contribution is 2.21. The van der Waals surface area contributed by atoms with E-state index in [1.165, 1.54) is 29.5 Å². The molecule has 13 heavy (non-hydrogen) atoms. The summed E-state index contributed by atoms with van der Waals surface area (Å²) in [4.78, 5) is 12.1. The van der Waals surface area contributed by atoms with Crippen LogP contribution < -0.4 is 5.32 Å². The molecule has 0 aliphatic carbocycles. The van der Waals surface area contributed by atoms with E-state index in [4.69, 9.17) is 5.11 Å². The van der Waals surface area contributed by atoms with Crippen molar-refractivity contribution >= 4 is 5.97 Å². The van der Waals surface area contributed by atoms with Gasteiger partial charge in [0.2, 0.25) is 0 Å². The van der Waals surface area contributed by atoms with Crippen molar-refractivity contribution in [3.05, 3.63) is 36.1 Å². The van der Waals surface area contributed by atoms with Crippen molar-refractivity contribution in [1.82, 2.24) is 10.2 Å². The third-order valence-corrected chi connectivity index (χ3v) is 1.90. The molecule has 0 aromatic rings. The highest BCUT2D eigenvalue weighted by Gasteiger charge is 2.28. The molecule has 0 saturated carbocycles. The fourth-order valence-electron chi connectivity index (χ4n) is 1.30. The van der Waals surface area contributed by atoms with Gasteiger partial charge in [-0.15, -0.1) is 0 Å². The summed E-state index contributed by atoms with van der Waals surface area (Å²) in [5.41, 5.74) is 0.116. The highest BCUT2D eigenvalue weighted by atomic mass is 19.1. The summed E-state index contributed by atoms with van der Waals surface area (Å²) in [6.45, 7) is 0. The Morgan fingerprint density at radius 1 is 1.69 bits per heavy atom. The van der Waals surface area contributed by atoms with Crippen LogP contribution in [0.25, 0.3) is 0 Å². The third-order valence-electron chi connectivity index (χ3n) is 1.90. The number of halogens is 1. The Morgan fingerprint density at radius 2 is 2.46 bits per heavy atom. The maximum absolute atomic E-state index is 12.7. The average Bonchev–Trinajstić information content (AvgIpc) is 2.46. The van der Waals surface area contributed by atoms with Gasteiger partial charge >= 0.3 is 5.97 Å². The van der Waals surface area contributed by atoms with Gasteiger partial charge in [-0.05, 0) is 12.2 Å². The molecular weight excluding hydrogens is 175 g/mol. The number of carbonyl (C=O) groups is 1. The number of rotatable bonds is 1. The smallest absolute Gasteiger partial charge is 0.354 e. The van der Waals surface area contributed by atoms with Crippen LogP contribution >= 0.6 is 0 Å². The molecule has 0 radical (unpaired) electrons. The van der Waals surface area contributed by atoms with Crippen LogP contribution in [-0.2, 0) is 4.79 Å². The molecular formula is C8H7FN2O2. The van der Waals surface area contributed by atoms with Crippen LogP contribution in [0.15, 0.2) is 36.1 Å². The molecule has 2 aliphatic heterocycles. The van der Waals surface area contributed by atoms with Gasteiger partial charge in [0.25, 0.3) is 0 Å². The Labute approximate surface area is 73.6 Å². The first-order valence-electron chi connectivity index (χ1n) is 3.72. The fraction of sp³-hybridized carbons (Fsp3) is 0.125. The molecule has 0 saturated heterocycles. The highest BCUT2D eigenvalue weighted by molar-refractivity contribution is 5.86. The van der Waals surface area contributed by atoms with E-state index < -0.39 is 12.1 Å². The molecule has 2 N–H and O–H groups in total. The number of carboxylic acids is 1. The van der Waals surface area contributed by atoms with Crippen molar-refractivity contribution in [2.75, 3.05) is 0 Å². The molecule has 0 amide bonds. The first kappa shape index (κ1) is 7.85. The van der Waals surface area contributed by atoms with Crippen LogP contribution in [0, 0.1) is 0 Å². The normalized spacial score (nSPS) is 24.7. The monoisotopic (exact) mass is 182 g/mol. The minimum atomic E-state index is -1.03. The van der Waals surface area contributed by atoms with Crippen molar-refractivity contribution in [2.45, 2.75) is 6.17 Å². The lowest BCUT2D eigenvalue weighted by Gasteiger charge is -2.23.